The minimum absolute atomic E-state index is 0.424. The summed E-state index contributed by atoms with van der Waals surface area (Å²) in [5.41, 5.74) is 7.12. The van der Waals surface area contributed by atoms with Crippen LogP contribution in [-0.2, 0) is 0 Å². The number of aryl methyl sites for hydroxylation is 1. The van der Waals surface area contributed by atoms with Crippen LogP contribution in [0.15, 0.2) is 22.9 Å². The largest absolute Gasteiger partial charge is 0.365 e. The Morgan fingerprint density at radius 1 is 1.57 bits per heavy atom. The first-order valence-electron chi connectivity index (χ1n) is 4.02. The molecular weight excluding hydrogens is 246 g/mol. The van der Waals surface area contributed by atoms with Gasteiger partial charge in [-0.05, 0) is 28.9 Å². The molecule has 2 aromatic heterocycles. The molecule has 0 atom stereocenters. The molecule has 0 aliphatic carbocycles. The third-order valence-corrected chi connectivity index (χ3v) is 2.34. The number of fused-ring (bicyclic) bond motifs is 1. The number of primary amides is 1. The SMILES string of the molecule is Cc1cn2cc(Br)cc(C(N)=O)c2n1. The van der Waals surface area contributed by atoms with Gasteiger partial charge in [-0.15, -0.1) is 0 Å². The van der Waals surface area contributed by atoms with E-state index >= 15 is 0 Å². The number of aromatic nitrogens is 2. The van der Waals surface area contributed by atoms with Crippen molar-refractivity contribution in [2.24, 2.45) is 5.73 Å². The van der Waals surface area contributed by atoms with Crippen LogP contribution < -0.4 is 5.73 Å². The Hall–Kier alpha value is -1.36. The second kappa shape index (κ2) is 3.09. The summed E-state index contributed by atoms with van der Waals surface area (Å²) < 4.78 is 2.58. The Morgan fingerprint density at radius 2 is 2.29 bits per heavy atom. The molecule has 0 bridgehead atoms. The van der Waals surface area contributed by atoms with Crippen molar-refractivity contribution in [3.8, 4) is 0 Å². The lowest BCUT2D eigenvalue weighted by Gasteiger charge is -2.00. The maximum Gasteiger partial charge on any atom is 0.252 e. The quantitative estimate of drug-likeness (QED) is 0.838. The van der Waals surface area contributed by atoms with E-state index in [9.17, 15) is 4.79 Å². The fourth-order valence-electron chi connectivity index (χ4n) is 1.37. The third kappa shape index (κ3) is 1.39. The van der Waals surface area contributed by atoms with E-state index in [0.29, 0.717) is 11.2 Å². The number of hydrogen-bond acceptors (Lipinski definition) is 2. The van der Waals surface area contributed by atoms with E-state index in [1.807, 2.05) is 19.3 Å². The number of hydrogen-bond donors (Lipinski definition) is 1. The van der Waals surface area contributed by atoms with E-state index in [1.54, 1.807) is 10.5 Å². The van der Waals surface area contributed by atoms with Gasteiger partial charge in [0, 0.05) is 16.9 Å². The highest BCUT2D eigenvalue weighted by atomic mass is 79.9. The number of carbonyl (C=O) groups excluding carboxylic acids is 1. The monoisotopic (exact) mass is 253 g/mol. The number of imidazole rings is 1. The van der Waals surface area contributed by atoms with E-state index in [2.05, 4.69) is 20.9 Å². The van der Waals surface area contributed by atoms with Crippen LogP contribution in [0.1, 0.15) is 16.1 Å². The Bertz CT molecular complexity index is 518. The highest BCUT2D eigenvalue weighted by Gasteiger charge is 2.10. The number of amides is 1. The van der Waals surface area contributed by atoms with Crippen molar-refractivity contribution in [3.05, 3.63) is 34.2 Å². The van der Waals surface area contributed by atoms with E-state index in [4.69, 9.17) is 5.73 Å². The molecule has 72 valence electrons. The maximum atomic E-state index is 11.1. The molecule has 0 saturated heterocycles. The summed E-state index contributed by atoms with van der Waals surface area (Å²) in [5, 5.41) is 0. The number of nitrogens with two attached hydrogens (primary N) is 1. The van der Waals surface area contributed by atoms with Crippen molar-refractivity contribution < 1.29 is 4.79 Å². The van der Waals surface area contributed by atoms with Gasteiger partial charge >= 0.3 is 0 Å². The number of rotatable bonds is 1. The van der Waals surface area contributed by atoms with Crippen molar-refractivity contribution in [2.75, 3.05) is 0 Å². The van der Waals surface area contributed by atoms with Crippen LogP contribution in [0.25, 0.3) is 5.65 Å². The van der Waals surface area contributed by atoms with Crippen LogP contribution in [0.4, 0.5) is 0 Å². The summed E-state index contributed by atoms with van der Waals surface area (Å²) in [7, 11) is 0. The molecule has 0 aliphatic rings. The Morgan fingerprint density at radius 3 is 2.93 bits per heavy atom. The smallest absolute Gasteiger partial charge is 0.252 e. The Kier molecular flexibility index (Phi) is 2.03. The fraction of sp³-hybridized carbons (Fsp3) is 0.111. The molecule has 0 fully saturated rings. The van der Waals surface area contributed by atoms with Crippen LogP contribution in [0.3, 0.4) is 0 Å². The molecule has 0 radical (unpaired) electrons. The van der Waals surface area contributed by atoms with Gasteiger partial charge in [-0.2, -0.15) is 0 Å². The molecule has 0 saturated carbocycles. The Labute approximate surface area is 88.9 Å². The van der Waals surface area contributed by atoms with Crippen molar-refractivity contribution in [2.45, 2.75) is 6.92 Å². The molecule has 0 aromatic carbocycles. The number of carbonyl (C=O) groups is 1. The van der Waals surface area contributed by atoms with Crippen LogP contribution in [0, 0.1) is 6.92 Å². The average molecular weight is 254 g/mol. The predicted octanol–water partition coefficient (Wildman–Crippen LogP) is 1.50. The van der Waals surface area contributed by atoms with Crippen LogP contribution in [0.5, 0.6) is 0 Å². The standard InChI is InChI=1S/C9H8BrN3O/c1-5-3-13-4-6(10)2-7(8(11)14)9(13)12-5/h2-4H,1H3,(H2,11,14). The molecule has 2 rings (SSSR count). The lowest BCUT2D eigenvalue weighted by molar-refractivity contribution is 0.100. The third-order valence-electron chi connectivity index (χ3n) is 1.90. The van der Waals surface area contributed by atoms with E-state index in [0.717, 1.165) is 10.2 Å². The number of halogens is 1. The van der Waals surface area contributed by atoms with Gasteiger partial charge in [0.2, 0.25) is 0 Å². The molecule has 0 spiro atoms. The van der Waals surface area contributed by atoms with Crippen LogP contribution in [0.2, 0.25) is 0 Å². The molecular formula is C9H8BrN3O. The molecule has 2 N–H and O–H groups in total. The summed E-state index contributed by atoms with van der Waals surface area (Å²) in [4.78, 5) is 15.3. The molecule has 14 heavy (non-hydrogen) atoms. The molecule has 1 amide bonds. The zero-order valence-corrected chi connectivity index (χ0v) is 9.08. The van der Waals surface area contributed by atoms with Gasteiger partial charge in [-0.25, -0.2) is 4.98 Å². The van der Waals surface area contributed by atoms with Gasteiger partial charge in [0.05, 0.1) is 11.3 Å². The number of pyridine rings is 1. The predicted molar refractivity (Wildman–Crippen MR) is 56.1 cm³/mol. The second-order valence-electron chi connectivity index (χ2n) is 3.05. The summed E-state index contributed by atoms with van der Waals surface area (Å²) in [6.07, 6.45) is 3.67. The first-order chi connectivity index (χ1) is 6.58. The fourth-order valence-corrected chi connectivity index (χ4v) is 1.82. The number of nitrogens with zero attached hydrogens (tertiary/aromatic N) is 2. The summed E-state index contributed by atoms with van der Waals surface area (Å²) in [5.74, 6) is -0.470. The van der Waals surface area contributed by atoms with Crippen LogP contribution >= 0.6 is 15.9 Å². The van der Waals surface area contributed by atoms with Gasteiger partial charge < -0.3 is 10.1 Å². The van der Waals surface area contributed by atoms with Crippen molar-refractivity contribution in [3.63, 3.8) is 0 Å². The van der Waals surface area contributed by atoms with Crippen molar-refractivity contribution in [1.82, 2.24) is 9.38 Å². The van der Waals surface area contributed by atoms with Gasteiger partial charge in [0.1, 0.15) is 5.65 Å². The second-order valence-corrected chi connectivity index (χ2v) is 3.97. The molecule has 2 aromatic rings. The first kappa shape index (κ1) is 9.21. The maximum absolute atomic E-state index is 11.1. The molecule has 4 nitrogen and oxygen atoms in total. The van der Waals surface area contributed by atoms with Gasteiger partial charge in [0.15, 0.2) is 0 Å². The first-order valence-corrected chi connectivity index (χ1v) is 4.82. The summed E-state index contributed by atoms with van der Waals surface area (Å²) >= 11 is 3.30. The highest BCUT2D eigenvalue weighted by molar-refractivity contribution is 9.10. The van der Waals surface area contributed by atoms with Crippen molar-refractivity contribution >= 4 is 27.5 Å². The molecule has 5 heteroatoms. The van der Waals surface area contributed by atoms with Gasteiger partial charge in [-0.3, -0.25) is 4.79 Å². The van der Waals surface area contributed by atoms with E-state index in [1.165, 1.54) is 0 Å². The van der Waals surface area contributed by atoms with Crippen molar-refractivity contribution in [1.29, 1.82) is 0 Å². The van der Waals surface area contributed by atoms with E-state index in [-0.39, 0.29) is 0 Å². The molecule has 0 aliphatic heterocycles. The minimum Gasteiger partial charge on any atom is -0.365 e. The lowest BCUT2D eigenvalue weighted by atomic mass is 10.2. The topological polar surface area (TPSA) is 60.4 Å². The summed E-state index contributed by atoms with van der Waals surface area (Å²) in [6, 6.07) is 1.67. The molecule has 0 unspecified atom stereocenters. The highest BCUT2D eigenvalue weighted by Crippen LogP contribution is 2.17. The average Bonchev–Trinajstić information content (AvgIpc) is 2.42. The van der Waals surface area contributed by atoms with E-state index < -0.39 is 5.91 Å². The van der Waals surface area contributed by atoms with Gasteiger partial charge in [0.25, 0.3) is 5.91 Å². The lowest BCUT2D eigenvalue weighted by Crippen LogP contribution is -2.12. The zero-order chi connectivity index (χ0) is 10.3. The summed E-state index contributed by atoms with van der Waals surface area (Å²) in [6.45, 7) is 1.87. The van der Waals surface area contributed by atoms with Gasteiger partial charge in [-0.1, -0.05) is 0 Å². The Balaban J connectivity index is 2.85. The zero-order valence-electron chi connectivity index (χ0n) is 7.49. The minimum atomic E-state index is -0.470. The van der Waals surface area contributed by atoms with Crippen LogP contribution in [-0.4, -0.2) is 15.3 Å². The normalized spacial score (nSPS) is 10.7. The molecule has 2 heterocycles.